The molecule has 32 heavy (non-hydrogen) atoms. The molecule has 4 amide bonds. The number of pyridine rings is 2. The smallest absolute Gasteiger partial charge is 0.407 e. The number of halogens is 1. The van der Waals surface area contributed by atoms with Crippen LogP contribution in [0, 0.1) is 0 Å². The van der Waals surface area contributed by atoms with Crippen LogP contribution in [-0.4, -0.2) is 41.2 Å². The molecule has 0 bridgehead atoms. The molecule has 5 N–H and O–H groups in total. The zero-order valence-electron chi connectivity index (χ0n) is 17.3. The highest BCUT2D eigenvalue weighted by molar-refractivity contribution is 6.00. The molecule has 10 nitrogen and oxygen atoms in total. The van der Waals surface area contributed by atoms with Gasteiger partial charge in [-0.15, -0.1) is 12.4 Å². The number of hydrogen-bond acceptors (Lipinski definition) is 6. The largest absolute Gasteiger partial charge is 0.439 e. The fraction of sp³-hybridized carbons (Fsp3) is 0.190. The second-order valence-electron chi connectivity index (χ2n) is 6.50. The maximum Gasteiger partial charge on any atom is 0.407 e. The fourth-order valence-corrected chi connectivity index (χ4v) is 2.98. The van der Waals surface area contributed by atoms with Gasteiger partial charge in [-0.05, 0) is 47.2 Å². The maximum atomic E-state index is 11.9. The van der Waals surface area contributed by atoms with Crippen LogP contribution in [0.3, 0.4) is 0 Å². The second-order valence-corrected chi connectivity index (χ2v) is 6.50. The summed E-state index contributed by atoms with van der Waals surface area (Å²) in [5.74, 6) is -0.349. The first-order valence-corrected chi connectivity index (χ1v) is 9.53. The van der Waals surface area contributed by atoms with Crippen molar-refractivity contribution in [2.24, 2.45) is 5.73 Å². The van der Waals surface area contributed by atoms with Gasteiger partial charge in [-0.25, -0.2) is 14.6 Å². The predicted molar refractivity (Wildman–Crippen MR) is 122 cm³/mol. The zero-order valence-corrected chi connectivity index (χ0v) is 18.1. The Morgan fingerprint density at radius 3 is 2.50 bits per heavy atom. The summed E-state index contributed by atoms with van der Waals surface area (Å²) < 4.78 is 4.71. The van der Waals surface area contributed by atoms with Gasteiger partial charge in [0.2, 0.25) is 0 Å². The van der Waals surface area contributed by atoms with Crippen molar-refractivity contribution in [3.63, 3.8) is 0 Å². The van der Waals surface area contributed by atoms with Crippen LogP contribution in [0.25, 0.3) is 21.9 Å². The number of nitrogens with one attached hydrogen (secondary N) is 3. The van der Waals surface area contributed by atoms with Crippen molar-refractivity contribution >= 4 is 47.0 Å². The summed E-state index contributed by atoms with van der Waals surface area (Å²) in [6, 6.07) is 8.96. The molecular weight excluding hydrogens is 436 g/mol. The number of fused-ring (bicyclic) bond motifs is 1. The average molecular weight is 459 g/mol. The van der Waals surface area contributed by atoms with E-state index in [0.717, 1.165) is 27.5 Å². The summed E-state index contributed by atoms with van der Waals surface area (Å²) in [6.07, 6.45) is 4.27. The molecule has 0 saturated heterocycles. The van der Waals surface area contributed by atoms with Crippen LogP contribution in [-0.2, 0) is 16.1 Å². The van der Waals surface area contributed by atoms with Gasteiger partial charge in [-0.3, -0.25) is 15.1 Å². The predicted octanol–water partition coefficient (Wildman–Crippen LogP) is 2.57. The molecule has 3 aromatic rings. The lowest BCUT2D eigenvalue weighted by molar-refractivity contribution is -0.120. The van der Waals surface area contributed by atoms with Crippen molar-refractivity contribution in [1.82, 2.24) is 20.6 Å². The van der Waals surface area contributed by atoms with Crippen molar-refractivity contribution in [2.75, 3.05) is 18.5 Å². The van der Waals surface area contributed by atoms with E-state index < -0.39 is 18.6 Å². The summed E-state index contributed by atoms with van der Waals surface area (Å²) in [5.41, 5.74) is 7.61. The summed E-state index contributed by atoms with van der Waals surface area (Å²) >= 11 is 0. The number of carbonyl (C=O) groups excluding carboxylic acids is 3. The fourth-order valence-electron chi connectivity index (χ4n) is 2.98. The molecule has 3 rings (SSSR count). The number of amides is 4. The van der Waals surface area contributed by atoms with Crippen molar-refractivity contribution < 1.29 is 19.1 Å². The molecule has 0 spiro atoms. The standard InChI is InChI=1S/C21H22N6O4.ClH/c1-2-24-20(29)27-19-9-16-15(13-5-7-23-8-6-13)4-3-14(17(16)11-25-19)10-26-21(30)31-12-18(22)28;/h3-9,11H,2,10,12H2,1H3,(H2,22,28)(H,26,30)(H2,24,25,27,29);1H. The van der Waals surface area contributed by atoms with Gasteiger partial charge < -0.3 is 21.1 Å². The van der Waals surface area contributed by atoms with Crippen LogP contribution < -0.4 is 21.7 Å². The van der Waals surface area contributed by atoms with E-state index in [9.17, 15) is 14.4 Å². The number of aromatic nitrogens is 2. The van der Waals surface area contributed by atoms with Gasteiger partial charge in [0.05, 0.1) is 0 Å². The van der Waals surface area contributed by atoms with E-state index in [2.05, 4.69) is 25.9 Å². The molecule has 1 aromatic carbocycles. The van der Waals surface area contributed by atoms with Gasteiger partial charge in [-0.2, -0.15) is 0 Å². The van der Waals surface area contributed by atoms with Gasteiger partial charge >= 0.3 is 12.1 Å². The molecule has 0 aliphatic rings. The van der Waals surface area contributed by atoms with Crippen molar-refractivity contribution in [3.8, 4) is 11.1 Å². The monoisotopic (exact) mass is 458 g/mol. The quantitative estimate of drug-likeness (QED) is 0.427. The van der Waals surface area contributed by atoms with E-state index >= 15 is 0 Å². The number of primary amides is 1. The summed E-state index contributed by atoms with van der Waals surface area (Å²) in [4.78, 5) is 42.8. The molecule has 0 aliphatic carbocycles. The SMILES string of the molecule is CCNC(=O)Nc1cc2c(-c3ccncc3)ccc(CNC(=O)OCC(N)=O)c2cn1.Cl. The van der Waals surface area contributed by atoms with E-state index in [0.29, 0.717) is 12.4 Å². The van der Waals surface area contributed by atoms with E-state index in [1.807, 2.05) is 31.2 Å². The maximum absolute atomic E-state index is 11.9. The molecule has 0 unspecified atom stereocenters. The number of rotatable bonds is 7. The number of ether oxygens (including phenoxy) is 1. The highest BCUT2D eigenvalue weighted by Crippen LogP contribution is 2.31. The van der Waals surface area contributed by atoms with Crippen LogP contribution in [0.4, 0.5) is 15.4 Å². The number of nitrogens with zero attached hydrogens (tertiary/aromatic N) is 2. The topological polar surface area (TPSA) is 148 Å². The number of alkyl carbamates (subject to hydrolysis) is 1. The molecule has 0 radical (unpaired) electrons. The molecule has 0 atom stereocenters. The third kappa shape index (κ3) is 6.29. The number of nitrogens with two attached hydrogens (primary N) is 1. The van der Waals surface area contributed by atoms with Gasteiger partial charge in [0.1, 0.15) is 5.82 Å². The number of urea groups is 1. The Morgan fingerprint density at radius 1 is 1.06 bits per heavy atom. The number of hydrogen-bond donors (Lipinski definition) is 4. The summed E-state index contributed by atoms with van der Waals surface area (Å²) in [5, 5.41) is 9.56. The Labute approximate surface area is 190 Å². The Balaban J connectivity index is 0.00000363. The lowest BCUT2D eigenvalue weighted by atomic mass is 9.96. The lowest BCUT2D eigenvalue weighted by Gasteiger charge is -2.14. The van der Waals surface area contributed by atoms with Crippen LogP contribution in [0.15, 0.2) is 48.9 Å². The van der Waals surface area contributed by atoms with Gasteiger partial charge in [0.25, 0.3) is 5.91 Å². The molecular formula is C21H23ClN6O4. The molecule has 0 saturated carbocycles. The van der Waals surface area contributed by atoms with Crippen molar-refractivity contribution in [1.29, 1.82) is 0 Å². The minimum absolute atomic E-state index is 0. The average Bonchev–Trinajstić information content (AvgIpc) is 2.76. The van der Waals surface area contributed by atoms with Gasteiger partial charge in [0.15, 0.2) is 6.61 Å². The summed E-state index contributed by atoms with van der Waals surface area (Å²) in [6.45, 7) is 1.96. The van der Waals surface area contributed by atoms with Crippen LogP contribution in [0.5, 0.6) is 0 Å². The van der Waals surface area contributed by atoms with E-state index in [1.165, 1.54) is 0 Å². The third-order valence-electron chi connectivity index (χ3n) is 4.33. The Hall–Kier alpha value is -3.92. The second kappa shape index (κ2) is 11.5. The summed E-state index contributed by atoms with van der Waals surface area (Å²) in [7, 11) is 0. The molecule has 2 aromatic heterocycles. The highest BCUT2D eigenvalue weighted by atomic mass is 35.5. The minimum Gasteiger partial charge on any atom is -0.439 e. The first-order chi connectivity index (χ1) is 15.0. The van der Waals surface area contributed by atoms with Crippen molar-refractivity contribution in [2.45, 2.75) is 13.5 Å². The highest BCUT2D eigenvalue weighted by Gasteiger charge is 2.12. The number of anilines is 1. The van der Waals surface area contributed by atoms with E-state index in [4.69, 9.17) is 10.5 Å². The number of benzene rings is 1. The molecule has 0 aliphatic heterocycles. The van der Waals surface area contributed by atoms with Gasteiger partial charge in [0, 0.05) is 37.1 Å². The van der Waals surface area contributed by atoms with Crippen LogP contribution in [0.2, 0.25) is 0 Å². The Morgan fingerprint density at radius 2 is 1.81 bits per heavy atom. The van der Waals surface area contributed by atoms with E-state index in [1.54, 1.807) is 24.7 Å². The first kappa shape index (κ1) is 24.4. The van der Waals surface area contributed by atoms with E-state index in [-0.39, 0.29) is 25.0 Å². The third-order valence-corrected chi connectivity index (χ3v) is 4.33. The van der Waals surface area contributed by atoms with Crippen LogP contribution in [0.1, 0.15) is 12.5 Å². The molecule has 0 fully saturated rings. The van der Waals surface area contributed by atoms with Gasteiger partial charge in [-0.1, -0.05) is 12.1 Å². The Bertz CT molecular complexity index is 1110. The number of carbonyl (C=O) groups is 3. The normalized spacial score (nSPS) is 10.0. The molecule has 168 valence electrons. The zero-order chi connectivity index (χ0) is 22.2. The lowest BCUT2D eigenvalue weighted by Crippen LogP contribution is -2.28. The Kier molecular flexibility index (Phi) is 8.72. The van der Waals surface area contributed by atoms with Crippen LogP contribution >= 0.6 is 12.4 Å². The van der Waals surface area contributed by atoms with Crippen molar-refractivity contribution in [3.05, 3.63) is 54.5 Å². The minimum atomic E-state index is -0.757. The molecule has 11 heteroatoms. The molecule has 2 heterocycles. The first-order valence-electron chi connectivity index (χ1n) is 9.53.